The molecule has 9 nitrogen and oxygen atoms in total. The lowest BCUT2D eigenvalue weighted by Crippen LogP contribution is -2.42. The summed E-state index contributed by atoms with van der Waals surface area (Å²) >= 11 is 19.5. The van der Waals surface area contributed by atoms with E-state index < -0.39 is 28.6 Å². The lowest BCUT2D eigenvalue weighted by molar-refractivity contribution is -0.139. The van der Waals surface area contributed by atoms with E-state index in [2.05, 4.69) is 5.32 Å². The number of halogens is 3. The molecule has 0 bridgehead atoms. The van der Waals surface area contributed by atoms with E-state index in [1.165, 1.54) is 4.31 Å². The third-order valence-electron chi connectivity index (χ3n) is 6.06. The van der Waals surface area contributed by atoms with Crippen molar-refractivity contribution >= 4 is 73.8 Å². The van der Waals surface area contributed by atoms with Crippen LogP contribution >= 0.6 is 46.1 Å². The standard InChI is InChI=1S/C25H23Cl3N2O7S2/c26-18-6-2-4-15(20(18)27)13-39(35,36)30-9-7-16(8-10-30)29-17-5-1-3-14(11-17)23-21(28)22(37-12-19(31)32)24(38-23)25(33)34/h1-6,11,16,29H,7-10,12-13H2,(H,31,32)(H,33,34). The SMILES string of the molecule is O=C(O)COc1c(C(=O)O)sc(-c2cccc(NC3CCN(S(=O)(=O)Cc4cccc(Cl)c4Cl)CC3)c2)c1Cl. The Morgan fingerprint density at radius 1 is 1.05 bits per heavy atom. The molecule has 39 heavy (non-hydrogen) atoms. The molecule has 0 radical (unpaired) electrons. The maximum Gasteiger partial charge on any atom is 0.349 e. The maximum atomic E-state index is 13.0. The van der Waals surface area contributed by atoms with Crippen molar-refractivity contribution in [3.05, 3.63) is 68.0 Å². The molecule has 14 heteroatoms. The Morgan fingerprint density at radius 3 is 2.41 bits per heavy atom. The third-order valence-corrected chi connectivity index (χ3v) is 10.4. The maximum absolute atomic E-state index is 13.0. The van der Waals surface area contributed by atoms with Crippen LogP contribution in [-0.4, -0.2) is 60.6 Å². The second kappa shape index (κ2) is 12.3. The van der Waals surface area contributed by atoms with Gasteiger partial charge in [-0.1, -0.05) is 59.1 Å². The van der Waals surface area contributed by atoms with Crippen LogP contribution in [-0.2, 0) is 20.6 Å². The van der Waals surface area contributed by atoms with Gasteiger partial charge in [-0.2, -0.15) is 0 Å². The number of hydrogen-bond acceptors (Lipinski definition) is 7. The van der Waals surface area contributed by atoms with Crippen molar-refractivity contribution in [2.75, 3.05) is 25.0 Å². The first-order chi connectivity index (χ1) is 18.5. The monoisotopic (exact) mass is 632 g/mol. The molecule has 2 heterocycles. The fourth-order valence-corrected chi connectivity index (χ4v) is 7.65. The summed E-state index contributed by atoms with van der Waals surface area (Å²) in [6.07, 6.45) is 1.14. The zero-order chi connectivity index (χ0) is 28.3. The van der Waals surface area contributed by atoms with Gasteiger partial charge in [-0.05, 0) is 42.2 Å². The molecule has 1 saturated heterocycles. The largest absolute Gasteiger partial charge is 0.479 e. The quantitative estimate of drug-likeness (QED) is 0.250. The first-order valence-corrected chi connectivity index (χ1v) is 15.2. The first-order valence-electron chi connectivity index (χ1n) is 11.6. The number of carboxylic acid groups (broad SMARTS) is 2. The highest BCUT2D eigenvalue weighted by molar-refractivity contribution is 7.88. The number of nitrogens with zero attached hydrogens (tertiary/aromatic N) is 1. The van der Waals surface area contributed by atoms with Crippen molar-refractivity contribution in [1.29, 1.82) is 0 Å². The minimum atomic E-state index is -3.59. The van der Waals surface area contributed by atoms with Gasteiger partial charge in [0.2, 0.25) is 10.0 Å². The molecule has 2 aromatic carbocycles. The van der Waals surface area contributed by atoms with E-state index in [-0.39, 0.29) is 32.5 Å². The minimum absolute atomic E-state index is 0.00399. The first kappa shape index (κ1) is 29.4. The Labute approximate surface area is 243 Å². The van der Waals surface area contributed by atoms with Gasteiger partial charge < -0.3 is 20.3 Å². The number of hydrogen-bond donors (Lipinski definition) is 3. The van der Waals surface area contributed by atoms with Crippen LogP contribution in [0.4, 0.5) is 5.69 Å². The lowest BCUT2D eigenvalue weighted by atomic mass is 10.1. The second-order valence-corrected chi connectivity index (χ2v) is 12.9. The number of carbonyl (C=O) groups is 2. The Hall–Kier alpha value is -2.54. The van der Waals surface area contributed by atoms with Gasteiger partial charge in [0.15, 0.2) is 17.2 Å². The summed E-state index contributed by atoms with van der Waals surface area (Å²) in [5, 5.41) is 22.4. The number of benzene rings is 2. The zero-order valence-corrected chi connectivity index (χ0v) is 24.1. The number of piperidine rings is 1. The molecule has 1 aromatic heterocycles. The van der Waals surface area contributed by atoms with Crippen LogP contribution in [0.1, 0.15) is 28.1 Å². The van der Waals surface area contributed by atoms with E-state index in [1.807, 2.05) is 6.07 Å². The molecule has 0 spiro atoms. The molecule has 3 aromatic rings. The summed E-state index contributed by atoms with van der Waals surface area (Å²) in [6, 6.07) is 12.1. The molecule has 0 aliphatic carbocycles. The minimum Gasteiger partial charge on any atom is -0.479 e. The number of aromatic carboxylic acids is 1. The van der Waals surface area contributed by atoms with Crippen LogP contribution in [0.2, 0.25) is 15.1 Å². The zero-order valence-electron chi connectivity index (χ0n) is 20.2. The Kier molecular flexibility index (Phi) is 9.30. The van der Waals surface area contributed by atoms with Crippen molar-refractivity contribution in [2.45, 2.75) is 24.6 Å². The van der Waals surface area contributed by atoms with Crippen molar-refractivity contribution < 1.29 is 33.0 Å². The van der Waals surface area contributed by atoms with E-state index in [0.29, 0.717) is 47.0 Å². The summed E-state index contributed by atoms with van der Waals surface area (Å²) in [4.78, 5) is 22.8. The highest BCUT2D eigenvalue weighted by Gasteiger charge is 2.29. The van der Waals surface area contributed by atoms with Crippen molar-refractivity contribution in [3.63, 3.8) is 0 Å². The fraction of sp³-hybridized carbons (Fsp3) is 0.280. The van der Waals surface area contributed by atoms with Gasteiger partial charge in [0.1, 0.15) is 5.02 Å². The third kappa shape index (κ3) is 6.97. The average molecular weight is 634 g/mol. The van der Waals surface area contributed by atoms with E-state index in [9.17, 15) is 23.1 Å². The Balaban J connectivity index is 1.43. The summed E-state index contributed by atoms with van der Waals surface area (Å²) in [7, 11) is -3.59. The van der Waals surface area contributed by atoms with Crippen LogP contribution in [0.5, 0.6) is 5.75 Å². The molecule has 3 N–H and O–H groups in total. The number of aliphatic carboxylic acids is 1. The van der Waals surface area contributed by atoms with Crippen molar-refractivity contribution in [2.24, 2.45) is 0 Å². The van der Waals surface area contributed by atoms with Crippen LogP contribution in [0.3, 0.4) is 0 Å². The van der Waals surface area contributed by atoms with Gasteiger partial charge in [0, 0.05) is 24.8 Å². The number of rotatable bonds is 10. The molecule has 1 aliphatic rings. The molecule has 1 aliphatic heterocycles. The van der Waals surface area contributed by atoms with Crippen LogP contribution in [0.15, 0.2) is 42.5 Å². The van der Waals surface area contributed by atoms with Gasteiger partial charge in [-0.15, -0.1) is 11.3 Å². The molecule has 4 rings (SSSR count). The number of nitrogens with one attached hydrogen (secondary N) is 1. The molecule has 0 unspecified atom stereocenters. The highest BCUT2D eigenvalue weighted by Crippen LogP contribution is 2.46. The molecule has 0 atom stereocenters. The van der Waals surface area contributed by atoms with Crippen molar-refractivity contribution in [1.82, 2.24) is 4.31 Å². The molecule has 0 amide bonds. The van der Waals surface area contributed by atoms with E-state index in [0.717, 1.165) is 17.0 Å². The topological polar surface area (TPSA) is 133 Å². The predicted octanol–water partition coefficient (Wildman–Crippen LogP) is 5.94. The second-order valence-electron chi connectivity index (χ2n) is 8.76. The number of anilines is 1. The van der Waals surface area contributed by atoms with Crippen molar-refractivity contribution in [3.8, 4) is 16.2 Å². The highest BCUT2D eigenvalue weighted by atomic mass is 35.5. The molecule has 0 saturated carbocycles. The number of sulfonamides is 1. The summed E-state index contributed by atoms with van der Waals surface area (Å²) in [5.41, 5.74) is 1.82. The number of ether oxygens (including phenoxy) is 1. The lowest BCUT2D eigenvalue weighted by Gasteiger charge is -2.32. The molecule has 1 fully saturated rings. The normalized spacial score (nSPS) is 14.7. The molecular formula is C25H23Cl3N2O7S2. The fourth-order valence-electron chi connectivity index (χ4n) is 4.20. The van der Waals surface area contributed by atoms with E-state index >= 15 is 0 Å². The van der Waals surface area contributed by atoms with E-state index in [4.69, 9.17) is 44.6 Å². The number of thiophene rings is 1. The van der Waals surface area contributed by atoms with Gasteiger partial charge in [-0.3, -0.25) is 0 Å². The van der Waals surface area contributed by atoms with Crippen LogP contribution in [0.25, 0.3) is 10.4 Å². The van der Waals surface area contributed by atoms with Gasteiger partial charge in [0.05, 0.1) is 20.7 Å². The van der Waals surface area contributed by atoms with Gasteiger partial charge in [0.25, 0.3) is 0 Å². The predicted molar refractivity (Wildman–Crippen MR) is 152 cm³/mol. The van der Waals surface area contributed by atoms with E-state index in [1.54, 1.807) is 36.4 Å². The molecular weight excluding hydrogens is 611 g/mol. The van der Waals surface area contributed by atoms with Crippen LogP contribution in [0, 0.1) is 0 Å². The Bertz CT molecular complexity index is 1500. The summed E-state index contributed by atoms with van der Waals surface area (Å²) in [5.74, 6) is -2.95. The smallest absolute Gasteiger partial charge is 0.349 e. The molecule has 208 valence electrons. The van der Waals surface area contributed by atoms with Gasteiger partial charge in [-0.25, -0.2) is 22.3 Å². The average Bonchev–Trinajstić information content (AvgIpc) is 3.22. The Morgan fingerprint density at radius 2 is 1.74 bits per heavy atom. The van der Waals surface area contributed by atoms with Gasteiger partial charge >= 0.3 is 11.9 Å². The number of carboxylic acids is 2. The van der Waals surface area contributed by atoms with Crippen LogP contribution < -0.4 is 10.1 Å². The summed E-state index contributed by atoms with van der Waals surface area (Å²) in [6.45, 7) is -0.0555. The summed E-state index contributed by atoms with van der Waals surface area (Å²) < 4.78 is 32.6.